The maximum absolute atomic E-state index is 12.3. The Bertz CT molecular complexity index is 417. The molecule has 0 aliphatic heterocycles. The van der Waals surface area contributed by atoms with Gasteiger partial charge in [0.2, 0.25) is 5.91 Å². The third-order valence-corrected chi connectivity index (χ3v) is 3.62. The highest BCUT2D eigenvalue weighted by Gasteiger charge is 2.20. The van der Waals surface area contributed by atoms with E-state index in [0.29, 0.717) is 19.4 Å². The van der Waals surface area contributed by atoms with E-state index in [1.165, 1.54) is 0 Å². The number of amides is 1. The zero-order valence-corrected chi connectivity index (χ0v) is 12.5. The van der Waals surface area contributed by atoms with Crippen LogP contribution in [0.1, 0.15) is 38.7 Å². The van der Waals surface area contributed by atoms with Gasteiger partial charge in [0.25, 0.3) is 0 Å². The summed E-state index contributed by atoms with van der Waals surface area (Å²) in [4.78, 5) is 14.1. The number of carbonyl (C=O) groups is 1. The summed E-state index contributed by atoms with van der Waals surface area (Å²) in [7, 11) is 0. The largest absolute Gasteiger partial charge is 0.399 e. The van der Waals surface area contributed by atoms with Gasteiger partial charge in [-0.05, 0) is 37.0 Å². The van der Waals surface area contributed by atoms with E-state index in [9.17, 15) is 4.79 Å². The van der Waals surface area contributed by atoms with E-state index >= 15 is 0 Å². The standard InChI is InChI=1S/C16H26N2O2/c1-3-15(4-2)18(10-11-19)16(20)9-8-13-6-5-7-14(17)12-13/h5-7,12,15,19H,3-4,8-11,17H2,1-2H3. The molecule has 0 saturated carbocycles. The van der Waals surface area contributed by atoms with Crippen LogP contribution in [0.4, 0.5) is 5.69 Å². The first kappa shape index (κ1) is 16.5. The number of hydrogen-bond donors (Lipinski definition) is 2. The van der Waals surface area contributed by atoms with E-state index in [0.717, 1.165) is 24.1 Å². The van der Waals surface area contributed by atoms with Gasteiger partial charge in [0.15, 0.2) is 0 Å². The minimum Gasteiger partial charge on any atom is -0.399 e. The number of nitrogens with two attached hydrogens (primary N) is 1. The maximum Gasteiger partial charge on any atom is 0.223 e. The summed E-state index contributed by atoms with van der Waals surface area (Å²) in [5.41, 5.74) is 7.54. The molecule has 1 amide bonds. The monoisotopic (exact) mass is 278 g/mol. The van der Waals surface area contributed by atoms with Gasteiger partial charge in [0.05, 0.1) is 6.61 Å². The summed E-state index contributed by atoms with van der Waals surface area (Å²) in [6.07, 6.45) is 2.98. The van der Waals surface area contributed by atoms with Crippen molar-refractivity contribution in [1.29, 1.82) is 0 Å². The molecule has 4 heteroatoms. The predicted octanol–water partition coefficient (Wildman–Crippen LogP) is 2.21. The van der Waals surface area contributed by atoms with Crippen LogP contribution in [0, 0.1) is 0 Å². The van der Waals surface area contributed by atoms with E-state index in [4.69, 9.17) is 10.8 Å². The lowest BCUT2D eigenvalue weighted by Crippen LogP contribution is -2.41. The van der Waals surface area contributed by atoms with Crippen molar-refractivity contribution in [2.45, 2.75) is 45.6 Å². The Labute approximate surface area is 121 Å². The second-order valence-electron chi connectivity index (χ2n) is 5.03. The van der Waals surface area contributed by atoms with E-state index in [1.807, 2.05) is 29.2 Å². The third-order valence-electron chi connectivity index (χ3n) is 3.62. The molecule has 0 aromatic heterocycles. The van der Waals surface area contributed by atoms with Crippen molar-refractivity contribution in [2.24, 2.45) is 0 Å². The smallest absolute Gasteiger partial charge is 0.223 e. The van der Waals surface area contributed by atoms with Crippen LogP contribution in [0.3, 0.4) is 0 Å². The number of aryl methyl sites for hydroxylation is 1. The van der Waals surface area contributed by atoms with Gasteiger partial charge >= 0.3 is 0 Å². The Morgan fingerprint density at radius 1 is 1.35 bits per heavy atom. The number of hydrogen-bond acceptors (Lipinski definition) is 3. The van der Waals surface area contributed by atoms with Crippen LogP contribution in [0.25, 0.3) is 0 Å². The lowest BCUT2D eigenvalue weighted by atomic mass is 10.1. The predicted molar refractivity (Wildman–Crippen MR) is 82.3 cm³/mol. The molecule has 4 nitrogen and oxygen atoms in total. The molecule has 1 aromatic carbocycles. The summed E-state index contributed by atoms with van der Waals surface area (Å²) >= 11 is 0. The molecule has 20 heavy (non-hydrogen) atoms. The Kier molecular flexibility index (Phi) is 7.09. The van der Waals surface area contributed by atoms with Crippen LogP contribution in [-0.4, -0.2) is 35.1 Å². The minimum absolute atomic E-state index is 0.0144. The van der Waals surface area contributed by atoms with Gasteiger partial charge in [-0.25, -0.2) is 0 Å². The van der Waals surface area contributed by atoms with Crippen molar-refractivity contribution in [2.75, 3.05) is 18.9 Å². The Morgan fingerprint density at radius 2 is 2.05 bits per heavy atom. The highest BCUT2D eigenvalue weighted by Crippen LogP contribution is 2.13. The summed E-state index contributed by atoms with van der Waals surface area (Å²) in [6.45, 7) is 4.58. The van der Waals surface area contributed by atoms with Crippen molar-refractivity contribution in [3.63, 3.8) is 0 Å². The molecular weight excluding hydrogens is 252 g/mol. The normalized spacial score (nSPS) is 10.8. The SMILES string of the molecule is CCC(CC)N(CCO)C(=O)CCc1cccc(N)c1. The molecule has 0 radical (unpaired) electrons. The summed E-state index contributed by atoms with van der Waals surface area (Å²) in [5, 5.41) is 9.14. The molecule has 0 aliphatic rings. The number of rotatable bonds is 8. The lowest BCUT2D eigenvalue weighted by molar-refractivity contribution is -0.134. The lowest BCUT2D eigenvalue weighted by Gasteiger charge is -2.30. The first-order chi connectivity index (χ1) is 9.62. The Hall–Kier alpha value is -1.55. The van der Waals surface area contributed by atoms with Crippen molar-refractivity contribution < 1.29 is 9.90 Å². The van der Waals surface area contributed by atoms with Crippen molar-refractivity contribution in [3.8, 4) is 0 Å². The Morgan fingerprint density at radius 3 is 2.60 bits per heavy atom. The van der Waals surface area contributed by atoms with Crippen LogP contribution in [0.15, 0.2) is 24.3 Å². The van der Waals surface area contributed by atoms with Gasteiger partial charge in [-0.15, -0.1) is 0 Å². The third kappa shape index (κ3) is 4.85. The highest BCUT2D eigenvalue weighted by atomic mass is 16.3. The maximum atomic E-state index is 12.3. The summed E-state index contributed by atoms with van der Waals surface area (Å²) in [6, 6.07) is 7.85. The van der Waals surface area contributed by atoms with Crippen LogP contribution in [0.2, 0.25) is 0 Å². The molecule has 0 bridgehead atoms. The fourth-order valence-electron chi connectivity index (χ4n) is 2.49. The number of carbonyl (C=O) groups excluding carboxylic acids is 1. The number of anilines is 1. The number of nitrogen functional groups attached to an aromatic ring is 1. The summed E-state index contributed by atoms with van der Waals surface area (Å²) < 4.78 is 0. The van der Waals surface area contributed by atoms with Crippen LogP contribution in [0.5, 0.6) is 0 Å². The van der Waals surface area contributed by atoms with Crippen LogP contribution in [-0.2, 0) is 11.2 Å². The molecule has 0 atom stereocenters. The van der Waals surface area contributed by atoms with Gasteiger partial charge in [0.1, 0.15) is 0 Å². The molecule has 0 spiro atoms. The van der Waals surface area contributed by atoms with Crippen molar-refractivity contribution >= 4 is 11.6 Å². The molecular formula is C16H26N2O2. The highest BCUT2D eigenvalue weighted by molar-refractivity contribution is 5.76. The van der Waals surface area contributed by atoms with E-state index in [1.54, 1.807) is 0 Å². The van der Waals surface area contributed by atoms with E-state index in [-0.39, 0.29) is 18.6 Å². The van der Waals surface area contributed by atoms with Gasteiger partial charge in [-0.3, -0.25) is 4.79 Å². The molecule has 0 unspecified atom stereocenters. The summed E-state index contributed by atoms with van der Waals surface area (Å²) in [5.74, 6) is 0.107. The number of nitrogens with zero attached hydrogens (tertiary/aromatic N) is 1. The topological polar surface area (TPSA) is 66.6 Å². The molecule has 3 N–H and O–H groups in total. The zero-order chi connectivity index (χ0) is 15.0. The molecule has 1 aromatic rings. The molecule has 0 aliphatic carbocycles. The molecule has 112 valence electrons. The molecule has 0 heterocycles. The minimum atomic E-state index is 0.0144. The van der Waals surface area contributed by atoms with Crippen LogP contribution >= 0.6 is 0 Å². The average Bonchev–Trinajstić information content (AvgIpc) is 2.45. The fourth-order valence-corrected chi connectivity index (χ4v) is 2.49. The first-order valence-corrected chi connectivity index (χ1v) is 7.37. The van der Waals surface area contributed by atoms with Gasteiger partial charge in [0, 0.05) is 24.7 Å². The second-order valence-corrected chi connectivity index (χ2v) is 5.03. The zero-order valence-electron chi connectivity index (χ0n) is 12.5. The number of aliphatic hydroxyl groups excluding tert-OH is 1. The number of aliphatic hydroxyl groups is 1. The Balaban J connectivity index is 2.62. The van der Waals surface area contributed by atoms with Crippen LogP contribution < -0.4 is 5.73 Å². The molecule has 0 saturated heterocycles. The molecule has 1 rings (SSSR count). The fraction of sp³-hybridized carbons (Fsp3) is 0.562. The second kappa shape index (κ2) is 8.59. The van der Waals surface area contributed by atoms with Gasteiger partial charge < -0.3 is 15.7 Å². The first-order valence-electron chi connectivity index (χ1n) is 7.37. The quantitative estimate of drug-likeness (QED) is 0.716. The average molecular weight is 278 g/mol. The van der Waals surface area contributed by atoms with Gasteiger partial charge in [-0.2, -0.15) is 0 Å². The number of benzene rings is 1. The molecule has 0 fully saturated rings. The van der Waals surface area contributed by atoms with Gasteiger partial charge in [-0.1, -0.05) is 26.0 Å². The van der Waals surface area contributed by atoms with E-state index < -0.39 is 0 Å². The van der Waals surface area contributed by atoms with E-state index in [2.05, 4.69) is 13.8 Å². The van der Waals surface area contributed by atoms with Crippen molar-refractivity contribution in [3.05, 3.63) is 29.8 Å². The van der Waals surface area contributed by atoms with Crippen molar-refractivity contribution in [1.82, 2.24) is 4.90 Å².